The van der Waals surface area contributed by atoms with E-state index < -0.39 is 0 Å². The van der Waals surface area contributed by atoms with Gasteiger partial charge >= 0.3 is 0 Å². The van der Waals surface area contributed by atoms with Crippen molar-refractivity contribution in [3.63, 3.8) is 0 Å². The van der Waals surface area contributed by atoms with Crippen molar-refractivity contribution in [1.82, 2.24) is 10.2 Å². The maximum Gasteiger partial charge on any atom is 0.0224 e. The van der Waals surface area contributed by atoms with Crippen molar-refractivity contribution in [3.05, 3.63) is 11.6 Å². The Morgan fingerprint density at radius 1 is 1.50 bits per heavy atom. The molecule has 1 atom stereocenters. The summed E-state index contributed by atoms with van der Waals surface area (Å²) in [5, 5.41) is 3.69. The molecule has 0 aromatic heterocycles. The van der Waals surface area contributed by atoms with Crippen molar-refractivity contribution in [2.75, 3.05) is 19.6 Å². The fourth-order valence-corrected chi connectivity index (χ4v) is 2.46. The predicted molar refractivity (Wildman–Crippen MR) is 69.7 cm³/mol. The van der Waals surface area contributed by atoms with Crippen LogP contribution in [0.1, 0.15) is 46.0 Å². The minimum Gasteiger partial charge on any atom is -0.312 e. The monoisotopic (exact) mass is 222 g/mol. The molecule has 1 aliphatic heterocycles. The molecule has 1 N–H and O–H groups in total. The smallest absolute Gasteiger partial charge is 0.0224 e. The Hall–Kier alpha value is -0.340. The highest BCUT2D eigenvalue weighted by Gasteiger charge is 2.24. The van der Waals surface area contributed by atoms with Crippen LogP contribution in [0.15, 0.2) is 11.6 Å². The highest BCUT2D eigenvalue weighted by atomic mass is 15.2. The topological polar surface area (TPSA) is 15.3 Å². The zero-order valence-electron chi connectivity index (χ0n) is 10.8. The molecule has 1 fully saturated rings. The van der Waals surface area contributed by atoms with Crippen LogP contribution in [0.5, 0.6) is 0 Å². The summed E-state index contributed by atoms with van der Waals surface area (Å²) in [7, 11) is 0. The van der Waals surface area contributed by atoms with Gasteiger partial charge in [-0.25, -0.2) is 0 Å². The summed E-state index contributed by atoms with van der Waals surface area (Å²) in [6.45, 7) is 8.19. The molecule has 92 valence electrons. The van der Waals surface area contributed by atoms with Gasteiger partial charge in [-0.15, -0.1) is 0 Å². The van der Waals surface area contributed by atoms with Crippen LogP contribution in [-0.2, 0) is 0 Å². The van der Waals surface area contributed by atoms with Crippen molar-refractivity contribution in [2.45, 2.75) is 58.0 Å². The fraction of sp³-hybridized carbons (Fsp3) is 0.857. The lowest BCUT2D eigenvalue weighted by atomic mass is 10.0. The van der Waals surface area contributed by atoms with Crippen LogP contribution in [0.3, 0.4) is 0 Å². The minimum absolute atomic E-state index is 0.759. The van der Waals surface area contributed by atoms with Crippen LogP contribution in [0.4, 0.5) is 0 Å². The molecular weight excluding hydrogens is 196 g/mol. The molecule has 1 aliphatic carbocycles. The molecular formula is C14H26N2. The van der Waals surface area contributed by atoms with E-state index in [1.165, 1.54) is 51.7 Å². The van der Waals surface area contributed by atoms with Gasteiger partial charge in [-0.1, -0.05) is 25.0 Å². The van der Waals surface area contributed by atoms with Crippen molar-refractivity contribution >= 4 is 0 Å². The number of hydrogen-bond acceptors (Lipinski definition) is 2. The molecule has 1 unspecified atom stereocenters. The standard InChI is InChI=1S/C14H26N2/c1-3-4-14(11-15-13-5-6-13)16-9-7-12(2)8-10-16/h7,13-15H,3-6,8-11H2,1-2H3. The maximum atomic E-state index is 3.69. The molecule has 0 bridgehead atoms. The van der Waals surface area contributed by atoms with Gasteiger partial charge in [-0.2, -0.15) is 0 Å². The molecule has 0 aromatic rings. The van der Waals surface area contributed by atoms with Crippen LogP contribution in [0.25, 0.3) is 0 Å². The van der Waals surface area contributed by atoms with E-state index in [1.54, 1.807) is 5.57 Å². The van der Waals surface area contributed by atoms with Gasteiger partial charge in [-0.05, 0) is 32.6 Å². The Morgan fingerprint density at radius 3 is 2.88 bits per heavy atom. The number of nitrogens with one attached hydrogen (secondary N) is 1. The average molecular weight is 222 g/mol. The van der Waals surface area contributed by atoms with E-state index in [0.717, 1.165) is 12.1 Å². The van der Waals surface area contributed by atoms with E-state index in [1.807, 2.05) is 0 Å². The van der Waals surface area contributed by atoms with E-state index in [4.69, 9.17) is 0 Å². The fourth-order valence-electron chi connectivity index (χ4n) is 2.46. The van der Waals surface area contributed by atoms with Crippen molar-refractivity contribution in [2.24, 2.45) is 0 Å². The van der Waals surface area contributed by atoms with E-state index in [0.29, 0.717) is 0 Å². The molecule has 1 saturated carbocycles. The van der Waals surface area contributed by atoms with Gasteiger partial charge in [0.2, 0.25) is 0 Å². The van der Waals surface area contributed by atoms with Gasteiger partial charge in [0.25, 0.3) is 0 Å². The Morgan fingerprint density at radius 2 is 2.31 bits per heavy atom. The Labute approximate surface area is 100 Å². The molecule has 2 heteroatoms. The van der Waals surface area contributed by atoms with Crippen molar-refractivity contribution < 1.29 is 0 Å². The second kappa shape index (κ2) is 5.83. The molecule has 2 rings (SSSR count). The first-order chi connectivity index (χ1) is 7.79. The lowest BCUT2D eigenvalue weighted by Gasteiger charge is -2.33. The molecule has 1 heterocycles. The van der Waals surface area contributed by atoms with Crippen molar-refractivity contribution in [1.29, 1.82) is 0 Å². The first-order valence-corrected chi connectivity index (χ1v) is 6.92. The highest BCUT2D eigenvalue weighted by Crippen LogP contribution is 2.20. The Bertz CT molecular complexity index is 243. The molecule has 0 aromatic carbocycles. The second-order valence-corrected chi connectivity index (χ2v) is 5.42. The Kier molecular flexibility index (Phi) is 4.42. The number of hydrogen-bond donors (Lipinski definition) is 1. The molecule has 0 radical (unpaired) electrons. The Balaban J connectivity index is 1.79. The summed E-state index contributed by atoms with van der Waals surface area (Å²) in [6, 6.07) is 1.61. The summed E-state index contributed by atoms with van der Waals surface area (Å²) < 4.78 is 0. The predicted octanol–water partition coefficient (Wildman–Crippen LogP) is 2.56. The largest absolute Gasteiger partial charge is 0.312 e. The van der Waals surface area contributed by atoms with Crippen LogP contribution in [0, 0.1) is 0 Å². The number of nitrogens with zero attached hydrogens (tertiary/aromatic N) is 1. The third kappa shape index (κ3) is 3.60. The molecule has 0 saturated heterocycles. The maximum absolute atomic E-state index is 3.69. The third-order valence-electron chi connectivity index (χ3n) is 3.83. The minimum atomic E-state index is 0.759. The van der Waals surface area contributed by atoms with Gasteiger partial charge in [0.1, 0.15) is 0 Å². The summed E-state index contributed by atoms with van der Waals surface area (Å²) in [5.41, 5.74) is 1.57. The second-order valence-electron chi connectivity index (χ2n) is 5.42. The van der Waals surface area contributed by atoms with Gasteiger partial charge in [0.05, 0.1) is 0 Å². The first kappa shape index (κ1) is 12.1. The quantitative estimate of drug-likeness (QED) is 0.695. The van der Waals surface area contributed by atoms with Crippen molar-refractivity contribution in [3.8, 4) is 0 Å². The van der Waals surface area contributed by atoms with E-state index in [9.17, 15) is 0 Å². The van der Waals surface area contributed by atoms with Gasteiger partial charge in [0.15, 0.2) is 0 Å². The highest BCUT2D eigenvalue weighted by molar-refractivity contribution is 5.04. The lowest BCUT2D eigenvalue weighted by molar-refractivity contribution is 0.194. The van der Waals surface area contributed by atoms with Crippen LogP contribution in [0.2, 0.25) is 0 Å². The zero-order chi connectivity index (χ0) is 11.4. The van der Waals surface area contributed by atoms with E-state index in [-0.39, 0.29) is 0 Å². The summed E-state index contributed by atoms with van der Waals surface area (Å²) in [5.74, 6) is 0. The van der Waals surface area contributed by atoms with Gasteiger partial charge in [0, 0.05) is 31.7 Å². The van der Waals surface area contributed by atoms with Gasteiger partial charge < -0.3 is 5.32 Å². The van der Waals surface area contributed by atoms with Crippen LogP contribution >= 0.6 is 0 Å². The zero-order valence-corrected chi connectivity index (χ0v) is 10.8. The summed E-state index contributed by atoms with van der Waals surface area (Å²) >= 11 is 0. The molecule has 2 nitrogen and oxygen atoms in total. The normalized spacial score (nSPS) is 24.2. The molecule has 0 amide bonds. The molecule has 2 aliphatic rings. The third-order valence-corrected chi connectivity index (χ3v) is 3.83. The van der Waals surface area contributed by atoms with Crippen LogP contribution in [-0.4, -0.2) is 36.6 Å². The average Bonchev–Trinajstić information content (AvgIpc) is 3.09. The first-order valence-electron chi connectivity index (χ1n) is 6.92. The van der Waals surface area contributed by atoms with E-state index in [2.05, 4.69) is 30.1 Å². The lowest BCUT2D eigenvalue weighted by Crippen LogP contribution is -2.44. The van der Waals surface area contributed by atoms with Crippen LogP contribution < -0.4 is 5.32 Å². The summed E-state index contributed by atoms with van der Waals surface area (Å²) in [4.78, 5) is 2.66. The SMILES string of the molecule is CCCC(CNC1CC1)N1CC=C(C)CC1. The van der Waals surface area contributed by atoms with Gasteiger partial charge in [-0.3, -0.25) is 4.90 Å². The summed E-state index contributed by atoms with van der Waals surface area (Å²) in [6.07, 6.45) is 9.12. The number of rotatable bonds is 6. The van der Waals surface area contributed by atoms with E-state index >= 15 is 0 Å². The molecule has 16 heavy (non-hydrogen) atoms. The molecule has 0 spiro atoms.